The fourth-order valence-corrected chi connectivity index (χ4v) is 4.36. The molecule has 1 fully saturated rings. The maximum atomic E-state index is 4.65. The normalized spacial score (nSPS) is 16.5. The SMILES string of the molecule is Cc1cccc(-c2[nH]cnc2-c2ccc3ncc(NCCC4CCCNC4)cc3c2)n1. The van der Waals surface area contributed by atoms with Crippen LogP contribution in [0, 0.1) is 12.8 Å². The molecule has 1 unspecified atom stereocenters. The molecular weight excluding hydrogens is 384 g/mol. The lowest BCUT2D eigenvalue weighted by Gasteiger charge is -2.22. The summed E-state index contributed by atoms with van der Waals surface area (Å²) in [6.45, 7) is 5.28. The highest BCUT2D eigenvalue weighted by molar-refractivity contribution is 5.88. The van der Waals surface area contributed by atoms with Gasteiger partial charge in [-0.15, -0.1) is 0 Å². The Hall–Kier alpha value is -3.25. The number of nitrogens with one attached hydrogen (secondary N) is 3. The average Bonchev–Trinajstić information content (AvgIpc) is 3.29. The summed E-state index contributed by atoms with van der Waals surface area (Å²) in [7, 11) is 0. The van der Waals surface area contributed by atoms with Crippen molar-refractivity contribution < 1.29 is 0 Å². The molecule has 3 aromatic heterocycles. The van der Waals surface area contributed by atoms with Gasteiger partial charge in [0, 0.05) is 23.2 Å². The molecule has 0 spiro atoms. The molecule has 1 aromatic carbocycles. The molecule has 6 nitrogen and oxygen atoms in total. The van der Waals surface area contributed by atoms with Crippen LogP contribution >= 0.6 is 0 Å². The molecule has 6 heteroatoms. The zero-order valence-electron chi connectivity index (χ0n) is 17.9. The lowest BCUT2D eigenvalue weighted by molar-refractivity contribution is 0.364. The summed E-state index contributed by atoms with van der Waals surface area (Å²) in [6, 6.07) is 14.5. The average molecular weight is 413 g/mol. The van der Waals surface area contributed by atoms with E-state index in [0.717, 1.165) is 63.9 Å². The number of anilines is 1. The van der Waals surface area contributed by atoms with Crippen molar-refractivity contribution in [2.75, 3.05) is 25.0 Å². The van der Waals surface area contributed by atoms with Crippen LogP contribution in [-0.4, -0.2) is 39.6 Å². The molecule has 0 saturated carbocycles. The summed E-state index contributed by atoms with van der Waals surface area (Å²) in [5.41, 5.74) is 6.83. The lowest BCUT2D eigenvalue weighted by Crippen LogP contribution is -2.30. The van der Waals surface area contributed by atoms with Gasteiger partial charge in [-0.05, 0) is 75.5 Å². The Morgan fingerprint density at radius 2 is 2.10 bits per heavy atom. The number of rotatable bonds is 6. The number of imidazole rings is 1. The molecule has 1 saturated heterocycles. The predicted molar refractivity (Wildman–Crippen MR) is 126 cm³/mol. The number of hydrogen-bond acceptors (Lipinski definition) is 5. The molecule has 158 valence electrons. The fraction of sp³-hybridized carbons (Fsp3) is 0.320. The van der Waals surface area contributed by atoms with Gasteiger partial charge in [0.2, 0.25) is 0 Å². The number of aryl methyl sites for hydroxylation is 1. The van der Waals surface area contributed by atoms with E-state index in [4.69, 9.17) is 0 Å². The Morgan fingerprint density at radius 3 is 2.97 bits per heavy atom. The number of benzene rings is 1. The minimum Gasteiger partial charge on any atom is -0.384 e. The summed E-state index contributed by atoms with van der Waals surface area (Å²) in [4.78, 5) is 17.1. The van der Waals surface area contributed by atoms with E-state index in [-0.39, 0.29) is 0 Å². The molecule has 1 aliphatic heterocycles. The molecule has 0 aliphatic carbocycles. The van der Waals surface area contributed by atoms with E-state index in [9.17, 15) is 0 Å². The van der Waals surface area contributed by atoms with E-state index in [1.807, 2.05) is 31.3 Å². The molecule has 1 aliphatic rings. The van der Waals surface area contributed by atoms with Crippen molar-refractivity contribution in [3.8, 4) is 22.6 Å². The zero-order chi connectivity index (χ0) is 21.0. The molecule has 1 atom stereocenters. The van der Waals surface area contributed by atoms with E-state index < -0.39 is 0 Å². The molecule has 5 rings (SSSR count). The second kappa shape index (κ2) is 8.86. The number of aromatic amines is 1. The number of aromatic nitrogens is 4. The van der Waals surface area contributed by atoms with Gasteiger partial charge in [-0.25, -0.2) is 4.98 Å². The van der Waals surface area contributed by atoms with Gasteiger partial charge in [0.1, 0.15) is 0 Å². The maximum absolute atomic E-state index is 4.65. The van der Waals surface area contributed by atoms with Crippen LogP contribution < -0.4 is 10.6 Å². The van der Waals surface area contributed by atoms with Gasteiger partial charge in [-0.3, -0.25) is 9.97 Å². The summed E-state index contributed by atoms with van der Waals surface area (Å²) >= 11 is 0. The minimum atomic E-state index is 0.773. The first-order chi connectivity index (χ1) is 15.3. The molecular formula is C25H28N6. The Balaban J connectivity index is 1.37. The number of fused-ring (bicyclic) bond motifs is 1. The van der Waals surface area contributed by atoms with Crippen LogP contribution in [0.2, 0.25) is 0 Å². The van der Waals surface area contributed by atoms with Crippen LogP contribution in [0.15, 0.2) is 55.0 Å². The third-order valence-electron chi connectivity index (χ3n) is 6.02. The molecule has 0 bridgehead atoms. The molecule has 4 heterocycles. The van der Waals surface area contributed by atoms with Crippen molar-refractivity contribution in [3.63, 3.8) is 0 Å². The summed E-state index contributed by atoms with van der Waals surface area (Å²) in [6.07, 6.45) is 7.46. The highest BCUT2D eigenvalue weighted by atomic mass is 14.9. The molecule has 31 heavy (non-hydrogen) atoms. The lowest BCUT2D eigenvalue weighted by atomic mass is 9.96. The van der Waals surface area contributed by atoms with Gasteiger partial charge in [0.15, 0.2) is 0 Å². The number of pyridine rings is 2. The Morgan fingerprint density at radius 1 is 1.13 bits per heavy atom. The van der Waals surface area contributed by atoms with E-state index in [1.165, 1.54) is 25.8 Å². The van der Waals surface area contributed by atoms with Crippen molar-refractivity contribution >= 4 is 16.6 Å². The van der Waals surface area contributed by atoms with Gasteiger partial charge in [0.25, 0.3) is 0 Å². The third kappa shape index (κ3) is 4.44. The largest absolute Gasteiger partial charge is 0.384 e. The first kappa shape index (κ1) is 19.7. The van der Waals surface area contributed by atoms with Crippen LogP contribution in [0.3, 0.4) is 0 Å². The zero-order valence-corrected chi connectivity index (χ0v) is 17.9. The summed E-state index contributed by atoms with van der Waals surface area (Å²) in [5, 5.41) is 8.16. The first-order valence-corrected chi connectivity index (χ1v) is 11.1. The minimum absolute atomic E-state index is 0.773. The van der Waals surface area contributed by atoms with Gasteiger partial charge < -0.3 is 15.6 Å². The van der Waals surface area contributed by atoms with Crippen molar-refractivity contribution in [1.29, 1.82) is 0 Å². The fourth-order valence-electron chi connectivity index (χ4n) is 4.36. The highest BCUT2D eigenvalue weighted by Gasteiger charge is 2.14. The van der Waals surface area contributed by atoms with Gasteiger partial charge in [0.05, 0.1) is 40.8 Å². The molecule has 0 radical (unpaired) electrons. The molecule has 4 aromatic rings. The predicted octanol–water partition coefficient (Wildman–Crippen LogP) is 4.80. The highest BCUT2D eigenvalue weighted by Crippen LogP contribution is 2.30. The topological polar surface area (TPSA) is 78.5 Å². The van der Waals surface area contributed by atoms with Crippen molar-refractivity contribution in [2.45, 2.75) is 26.2 Å². The third-order valence-corrected chi connectivity index (χ3v) is 6.02. The van der Waals surface area contributed by atoms with Gasteiger partial charge in [-0.2, -0.15) is 0 Å². The number of nitrogens with zero attached hydrogens (tertiary/aromatic N) is 3. The molecule has 3 N–H and O–H groups in total. The number of hydrogen-bond donors (Lipinski definition) is 3. The molecule has 0 amide bonds. The van der Waals surface area contributed by atoms with E-state index >= 15 is 0 Å². The van der Waals surface area contributed by atoms with Crippen LogP contribution in [0.4, 0.5) is 5.69 Å². The van der Waals surface area contributed by atoms with Crippen LogP contribution in [0.25, 0.3) is 33.5 Å². The monoisotopic (exact) mass is 412 g/mol. The summed E-state index contributed by atoms with van der Waals surface area (Å²) < 4.78 is 0. The number of piperidine rings is 1. The van der Waals surface area contributed by atoms with Gasteiger partial charge >= 0.3 is 0 Å². The standard InChI is InChI=1S/C25H28N6/c1-17-4-2-6-23(31-17)25-24(29-16-30-25)19-7-8-22-20(12-19)13-21(15-28-22)27-11-9-18-5-3-10-26-14-18/h2,4,6-8,12-13,15-16,18,26-27H,3,5,9-11,14H2,1H3,(H,29,30). The second-order valence-electron chi connectivity index (χ2n) is 8.35. The Bertz CT molecular complexity index is 1180. The number of H-pyrrole nitrogens is 1. The quantitative estimate of drug-likeness (QED) is 0.424. The van der Waals surface area contributed by atoms with Crippen LogP contribution in [-0.2, 0) is 0 Å². The van der Waals surface area contributed by atoms with Crippen molar-refractivity contribution in [3.05, 3.63) is 60.7 Å². The van der Waals surface area contributed by atoms with E-state index in [0.29, 0.717) is 0 Å². The van der Waals surface area contributed by atoms with Crippen molar-refractivity contribution in [1.82, 2.24) is 25.3 Å². The van der Waals surface area contributed by atoms with E-state index in [2.05, 4.69) is 54.8 Å². The first-order valence-electron chi connectivity index (χ1n) is 11.1. The van der Waals surface area contributed by atoms with E-state index in [1.54, 1.807) is 6.33 Å². The smallest absolute Gasteiger partial charge is 0.0977 e. The second-order valence-corrected chi connectivity index (χ2v) is 8.35. The maximum Gasteiger partial charge on any atom is 0.0977 e. The van der Waals surface area contributed by atoms with Gasteiger partial charge in [-0.1, -0.05) is 12.1 Å². The van der Waals surface area contributed by atoms with Crippen LogP contribution in [0.5, 0.6) is 0 Å². The van der Waals surface area contributed by atoms with Crippen LogP contribution in [0.1, 0.15) is 25.0 Å². The Kier molecular flexibility index (Phi) is 5.63. The van der Waals surface area contributed by atoms with Crippen molar-refractivity contribution in [2.24, 2.45) is 5.92 Å². The Labute approximate surface area is 182 Å². The summed E-state index contributed by atoms with van der Waals surface area (Å²) in [5.74, 6) is 0.773.